The number of methoxy groups -OCH3 is 1. The van der Waals surface area contributed by atoms with Crippen LogP contribution >= 0.6 is 11.8 Å². The molecule has 1 aromatic heterocycles. The Morgan fingerprint density at radius 2 is 1.86 bits per heavy atom. The van der Waals surface area contributed by atoms with Crippen LogP contribution in [0.15, 0.2) is 58.5 Å². The van der Waals surface area contributed by atoms with Crippen LogP contribution in [-0.2, 0) is 0 Å². The van der Waals surface area contributed by atoms with Crippen LogP contribution in [0.2, 0.25) is 0 Å². The van der Waals surface area contributed by atoms with Crippen molar-refractivity contribution in [3.63, 3.8) is 0 Å². The molecule has 1 N–H and O–H groups in total. The summed E-state index contributed by atoms with van der Waals surface area (Å²) >= 11 is 1.13. The Bertz CT molecular complexity index is 1100. The largest absolute Gasteiger partial charge is 0.497 e. The van der Waals surface area contributed by atoms with Gasteiger partial charge in [0.1, 0.15) is 17.4 Å². The van der Waals surface area contributed by atoms with E-state index in [1.807, 2.05) is 25.1 Å². The van der Waals surface area contributed by atoms with Gasteiger partial charge in [0, 0.05) is 11.1 Å². The lowest BCUT2D eigenvalue weighted by atomic mass is 10.1. The van der Waals surface area contributed by atoms with E-state index >= 15 is 0 Å². The van der Waals surface area contributed by atoms with Crippen LogP contribution < -0.4 is 10.3 Å². The van der Waals surface area contributed by atoms with Crippen molar-refractivity contribution in [1.82, 2.24) is 9.97 Å². The van der Waals surface area contributed by atoms with Crippen LogP contribution in [0.5, 0.6) is 5.75 Å². The smallest absolute Gasteiger partial charge is 0.270 e. The summed E-state index contributed by atoms with van der Waals surface area (Å²) in [5.41, 5.74) is 1.97. The number of H-pyrrole nitrogens is 1. The maximum Gasteiger partial charge on any atom is 0.270 e. The SMILES string of the molecule is COc1ccc(-c2nc(SCC(=O)c3ccc(C)cc3)[nH]c(=O)c2C#N)cc1. The molecule has 0 saturated carbocycles. The molecule has 28 heavy (non-hydrogen) atoms. The fourth-order valence-corrected chi connectivity index (χ4v) is 3.29. The zero-order chi connectivity index (χ0) is 20.1. The second-order valence-electron chi connectivity index (χ2n) is 6.01. The van der Waals surface area contributed by atoms with Crippen molar-refractivity contribution in [1.29, 1.82) is 5.26 Å². The van der Waals surface area contributed by atoms with E-state index in [0.717, 1.165) is 17.3 Å². The number of aromatic amines is 1. The summed E-state index contributed by atoms with van der Waals surface area (Å²) in [6.45, 7) is 1.95. The molecule has 0 fully saturated rings. The number of hydrogen-bond acceptors (Lipinski definition) is 6. The summed E-state index contributed by atoms with van der Waals surface area (Å²) in [4.78, 5) is 31.6. The lowest BCUT2D eigenvalue weighted by molar-refractivity contribution is 0.102. The van der Waals surface area contributed by atoms with Crippen molar-refractivity contribution >= 4 is 17.5 Å². The first-order valence-corrected chi connectivity index (χ1v) is 9.42. The molecule has 7 heteroatoms. The number of ketones is 1. The van der Waals surface area contributed by atoms with Gasteiger partial charge in [0.15, 0.2) is 10.9 Å². The monoisotopic (exact) mass is 391 g/mol. The first-order chi connectivity index (χ1) is 13.5. The molecular formula is C21H17N3O3S. The molecule has 0 spiro atoms. The molecule has 0 amide bonds. The molecule has 0 bridgehead atoms. The molecular weight excluding hydrogens is 374 g/mol. The second kappa shape index (κ2) is 8.55. The first-order valence-electron chi connectivity index (χ1n) is 8.43. The van der Waals surface area contributed by atoms with E-state index in [2.05, 4.69) is 9.97 Å². The summed E-state index contributed by atoms with van der Waals surface area (Å²) in [5.74, 6) is 0.716. The number of Topliss-reactive ketones (excluding diaryl/α,β-unsaturated/α-hetero) is 1. The summed E-state index contributed by atoms with van der Waals surface area (Å²) in [7, 11) is 1.56. The minimum absolute atomic E-state index is 0.0667. The number of aromatic nitrogens is 2. The zero-order valence-corrected chi connectivity index (χ0v) is 16.2. The number of aryl methyl sites for hydroxylation is 1. The topological polar surface area (TPSA) is 95.8 Å². The third-order valence-electron chi connectivity index (χ3n) is 4.09. The number of nitrogens with zero attached hydrogens (tertiary/aromatic N) is 2. The summed E-state index contributed by atoms with van der Waals surface area (Å²) in [5, 5.41) is 9.63. The Kier molecular flexibility index (Phi) is 5.92. The van der Waals surface area contributed by atoms with E-state index < -0.39 is 5.56 Å². The van der Waals surface area contributed by atoms with Crippen LogP contribution in [0.25, 0.3) is 11.3 Å². The quantitative estimate of drug-likeness (QED) is 0.392. The van der Waals surface area contributed by atoms with E-state index in [0.29, 0.717) is 16.9 Å². The van der Waals surface area contributed by atoms with Crippen molar-refractivity contribution in [2.24, 2.45) is 0 Å². The molecule has 3 aromatic rings. The van der Waals surface area contributed by atoms with Crippen molar-refractivity contribution in [3.8, 4) is 23.1 Å². The molecule has 0 radical (unpaired) electrons. The van der Waals surface area contributed by atoms with E-state index in [4.69, 9.17) is 4.74 Å². The highest BCUT2D eigenvalue weighted by Gasteiger charge is 2.15. The van der Waals surface area contributed by atoms with Gasteiger partial charge in [0.05, 0.1) is 18.6 Å². The fourth-order valence-electron chi connectivity index (χ4n) is 2.54. The second-order valence-corrected chi connectivity index (χ2v) is 6.98. The van der Waals surface area contributed by atoms with Gasteiger partial charge < -0.3 is 9.72 Å². The average Bonchev–Trinajstić information content (AvgIpc) is 2.72. The lowest BCUT2D eigenvalue weighted by Crippen LogP contribution is -2.15. The number of hydrogen-bond donors (Lipinski definition) is 1. The Hall–Kier alpha value is -3.37. The van der Waals surface area contributed by atoms with E-state index in [1.54, 1.807) is 43.5 Å². The zero-order valence-electron chi connectivity index (χ0n) is 15.4. The molecule has 3 rings (SSSR count). The molecule has 6 nitrogen and oxygen atoms in total. The Labute approximate surface area is 166 Å². The average molecular weight is 391 g/mol. The van der Waals surface area contributed by atoms with Gasteiger partial charge in [-0.2, -0.15) is 5.26 Å². The van der Waals surface area contributed by atoms with E-state index in [-0.39, 0.29) is 27.9 Å². The molecule has 1 heterocycles. The third-order valence-corrected chi connectivity index (χ3v) is 4.96. The molecule has 2 aromatic carbocycles. The van der Waals surface area contributed by atoms with Gasteiger partial charge in [-0.1, -0.05) is 41.6 Å². The highest BCUT2D eigenvalue weighted by molar-refractivity contribution is 7.99. The van der Waals surface area contributed by atoms with Crippen LogP contribution in [0, 0.1) is 18.3 Å². The predicted molar refractivity (Wildman–Crippen MR) is 108 cm³/mol. The van der Waals surface area contributed by atoms with Gasteiger partial charge >= 0.3 is 0 Å². The number of rotatable bonds is 6. The Morgan fingerprint density at radius 1 is 1.18 bits per heavy atom. The van der Waals surface area contributed by atoms with Gasteiger partial charge in [-0.05, 0) is 31.2 Å². The molecule has 0 aliphatic carbocycles. The lowest BCUT2D eigenvalue weighted by Gasteiger charge is -2.07. The van der Waals surface area contributed by atoms with Crippen molar-refractivity contribution in [2.45, 2.75) is 12.1 Å². The number of nitriles is 1. The standard InChI is InChI=1S/C21H17N3O3S/c1-13-3-5-14(6-4-13)18(25)12-28-21-23-19(17(11-22)20(26)24-21)15-7-9-16(27-2)10-8-15/h3-10H,12H2,1-2H3,(H,23,24,26). The molecule has 140 valence electrons. The van der Waals surface area contributed by atoms with Crippen molar-refractivity contribution in [2.75, 3.05) is 12.9 Å². The van der Waals surface area contributed by atoms with Crippen molar-refractivity contribution < 1.29 is 9.53 Å². The number of thioether (sulfide) groups is 1. The molecule has 0 atom stereocenters. The summed E-state index contributed by atoms with van der Waals surface area (Å²) in [6.07, 6.45) is 0. The normalized spacial score (nSPS) is 10.3. The number of carbonyl (C=O) groups excluding carboxylic acids is 1. The highest BCUT2D eigenvalue weighted by atomic mass is 32.2. The van der Waals surface area contributed by atoms with Gasteiger partial charge in [-0.3, -0.25) is 9.59 Å². The van der Waals surface area contributed by atoms with E-state index in [9.17, 15) is 14.9 Å². The van der Waals surface area contributed by atoms with Crippen LogP contribution in [0.4, 0.5) is 0 Å². The predicted octanol–water partition coefficient (Wildman–Crippen LogP) is 3.60. The number of nitrogens with one attached hydrogen (secondary N) is 1. The minimum Gasteiger partial charge on any atom is -0.497 e. The summed E-state index contributed by atoms with van der Waals surface area (Å²) in [6, 6.07) is 16.1. The van der Waals surface area contributed by atoms with Crippen LogP contribution in [-0.4, -0.2) is 28.6 Å². The summed E-state index contributed by atoms with van der Waals surface area (Å²) < 4.78 is 5.13. The number of benzene rings is 2. The molecule has 0 unspecified atom stereocenters. The third kappa shape index (κ3) is 4.30. The Balaban J connectivity index is 1.87. The van der Waals surface area contributed by atoms with Crippen molar-refractivity contribution in [3.05, 3.63) is 75.6 Å². The minimum atomic E-state index is -0.534. The molecule has 0 aliphatic heterocycles. The van der Waals surface area contributed by atoms with Crippen LogP contribution in [0.3, 0.4) is 0 Å². The van der Waals surface area contributed by atoms with Gasteiger partial charge in [-0.25, -0.2) is 4.98 Å². The van der Waals surface area contributed by atoms with Crippen LogP contribution in [0.1, 0.15) is 21.5 Å². The maximum atomic E-state index is 12.4. The first kappa shape index (κ1) is 19.4. The molecule has 0 saturated heterocycles. The number of carbonyl (C=O) groups is 1. The fraction of sp³-hybridized carbons (Fsp3) is 0.143. The van der Waals surface area contributed by atoms with Gasteiger partial charge in [-0.15, -0.1) is 0 Å². The number of ether oxygens (including phenoxy) is 1. The Morgan fingerprint density at radius 3 is 2.46 bits per heavy atom. The van der Waals surface area contributed by atoms with E-state index in [1.165, 1.54) is 0 Å². The molecule has 0 aliphatic rings. The maximum absolute atomic E-state index is 12.4. The van der Waals surface area contributed by atoms with Gasteiger partial charge in [0.25, 0.3) is 5.56 Å². The highest BCUT2D eigenvalue weighted by Crippen LogP contribution is 2.24. The van der Waals surface area contributed by atoms with Gasteiger partial charge in [0.2, 0.25) is 0 Å².